The third kappa shape index (κ3) is 3.92. The molecule has 5 heteroatoms. The van der Waals surface area contributed by atoms with Crippen molar-refractivity contribution in [2.45, 2.75) is 29.1 Å². The van der Waals surface area contributed by atoms with E-state index in [1.54, 1.807) is 0 Å². The molecule has 1 aliphatic heterocycles. The predicted octanol–water partition coefficient (Wildman–Crippen LogP) is 9.82. The van der Waals surface area contributed by atoms with Crippen molar-refractivity contribution in [3.05, 3.63) is 139 Å². The molecule has 3 aromatic heterocycles. The topological polar surface area (TPSA) is 39.9 Å². The minimum Gasteiger partial charge on any atom is -0.457 e. The summed E-state index contributed by atoms with van der Waals surface area (Å²) in [5.74, 6) is 1.53. The van der Waals surface area contributed by atoms with Gasteiger partial charge in [-0.2, -0.15) is 0 Å². The predicted molar refractivity (Wildman–Crippen MR) is 171 cm³/mol. The Balaban J connectivity index is 1.26. The highest BCUT2D eigenvalue weighted by molar-refractivity contribution is 7.99. The number of aromatic nitrogens is 3. The molecule has 0 N–H and O–H groups in total. The molecule has 4 aromatic carbocycles. The summed E-state index contributed by atoms with van der Waals surface area (Å²) in [5, 5.41) is 2.40. The fraction of sp³-hybridized carbons (Fsp3) is 0.0811. The largest absolute Gasteiger partial charge is 0.457 e. The lowest BCUT2D eigenvalue weighted by Gasteiger charge is -2.35. The van der Waals surface area contributed by atoms with Crippen LogP contribution in [0.5, 0.6) is 11.5 Å². The van der Waals surface area contributed by atoms with Crippen molar-refractivity contribution in [1.29, 1.82) is 0 Å². The van der Waals surface area contributed by atoms with E-state index >= 15 is 0 Å². The van der Waals surface area contributed by atoms with Crippen molar-refractivity contribution < 1.29 is 4.74 Å². The summed E-state index contributed by atoms with van der Waals surface area (Å²) in [4.78, 5) is 12.0. The summed E-state index contributed by atoms with van der Waals surface area (Å²) < 4.78 is 8.65. The van der Waals surface area contributed by atoms with Gasteiger partial charge < -0.3 is 4.74 Å². The lowest BCUT2D eigenvalue weighted by Crippen LogP contribution is -2.23. The zero-order valence-corrected chi connectivity index (χ0v) is 24.1. The first kappa shape index (κ1) is 24.9. The summed E-state index contributed by atoms with van der Waals surface area (Å²) in [5.41, 5.74) is 7.65. The third-order valence-corrected chi connectivity index (χ3v) is 9.40. The third-order valence-electron chi connectivity index (χ3n) is 8.20. The Morgan fingerprint density at radius 1 is 0.690 bits per heavy atom. The highest BCUT2D eigenvalue weighted by atomic mass is 32.2. The van der Waals surface area contributed by atoms with E-state index in [2.05, 4.69) is 78.0 Å². The van der Waals surface area contributed by atoms with Crippen LogP contribution < -0.4 is 4.74 Å². The molecule has 7 aromatic rings. The Hall–Kier alpha value is -4.87. The van der Waals surface area contributed by atoms with Gasteiger partial charge in [0.25, 0.3) is 0 Å². The minimum atomic E-state index is -0.0977. The number of fused-ring (bicyclic) bond motifs is 6. The van der Waals surface area contributed by atoms with E-state index in [-0.39, 0.29) is 5.41 Å². The standard InChI is InChI=1S/C37H27N3OS/c1-37(2)29-15-3-4-17-33(29)42-35-30(37)18-19-32-34(35)28-14-9-21-39-36(28)40(32)25-11-8-13-27(23-25)41-26-12-7-10-24(22-26)31-16-5-6-20-38-31/h3-23H,1-2H3. The lowest BCUT2D eigenvalue weighted by atomic mass is 9.77. The Kier molecular flexibility index (Phi) is 5.69. The zero-order chi connectivity index (χ0) is 28.3. The Labute approximate surface area is 248 Å². The van der Waals surface area contributed by atoms with Crippen LogP contribution in [0.2, 0.25) is 0 Å². The molecule has 0 atom stereocenters. The van der Waals surface area contributed by atoms with Crippen LogP contribution in [0.4, 0.5) is 0 Å². The SMILES string of the molecule is CC1(C)c2ccccc2Sc2c1ccc1c2c2cccnc2n1-c1cccc(Oc2cccc(-c3ccccn3)c2)c1. The van der Waals surface area contributed by atoms with Gasteiger partial charge in [0.2, 0.25) is 0 Å². The second-order valence-electron chi connectivity index (χ2n) is 11.1. The molecule has 0 saturated carbocycles. The molecule has 8 rings (SSSR count). The van der Waals surface area contributed by atoms with Gasteiger partial charge >= 0.3 is 0 Å². The van der Waals surface area contributed by atoms with Crippen molar-refractivity contribution in [2.24, 2.45) is 0 Å². The van der Waals surface area contributed by atoms with Gasteiger partial charge in [-0.05, 0) is 71.8 Å². The van der Waals surface area contributed by atoms with Crippen LogP contribution in [0, 0.1) is 0 Å². The van der Waals surface area contributed by atoms with Crippen LogP contribution in [0.15, 0.2) is 137 Å². The molecular weight excluding hydrogens is 534 g/mol. The van der Waals surface area contributed by atoms with Gasteiger partial charge in [0.15, 0.2) is 0 Å². The number of hydrogen-bond donors (Lipinski definition) is 0. The number of benzene rings is 4. The van der Waals surface area contributed by atoms with Gasteiger partial charge in [-0.15, -0.1) is 0 Å². The van der Waals surface area contributed by atoms with Crippen molar-refractivity contribution in [2.75, 3.05) is 0 Å². The Morgan fingerprint density at radius 2 is 1.50 bits per heavy atom. The molecule has 0 amide bonds. The summed E-state index contributed by atoms with van der Waals surface area (Å²) >= 11 is 1.87. The molecule has 1 aliphatic rings. The highest BCUT2D eigenvalue weighted by Gasteiger charge is 2.35. The monoisotopic (exact) mass is 561 g/mol. The molecule has 0 radical (unpaired) electrons. The van der Waals surface area contributed by atoms with E-state index < -0.39 is 0 Å². The molecule has 4 heterocycles. The Morgan fingerprint density at radius 3 is 2.38 bits per heavy atom. The molecule has 0 saturated heterocycles. The average molecular weight is 562 g/mol. The van der Waals surface area contributed by atoms with E-state index in [1.165, 1.54) is 26.3 Å². The fourth-order valence-electron chi connectivity index (χ4n) is 6.16. The van der Waals surface area contributed by atoms with Crippen molar-refractivity contribution in [3.63, 3.8) is 0 Å². The van der Waals surface area contributed by atoms with Gasteiger partial charge in [-0.1, -0.05) is 74.1 Å². The number of ether oxygens (including phenoxy) is 1. The van der Waals surface area contributed by atoms with Crippen molar-refractivity contribution in [1.82, 2.24) is 14.5 Å². The Bertz CT molecular complexity index is 2130. The first-order valence-electron chi connectivity index (χ1n) is 14.1. The summed E-state index contributed by atoms with van der Waals surface area (Å²) in [6.07, 6.45) is 3.68. The normalized spacial score (nSPS) is 13.6. The van der Waals surface area contributed by atoms with E-state index in [9.17, 15) is 0 Å². The first-order valence-corrected chi connectivity index (χ1v) is 14.9. The summed E-state index contributed by atoms with van der Waals surface area (Å²) in [6, 6.07) is 39.8. The summed E-state index contributed by atoms with van der Waals surface area (Å²) in [7, 11) is 0. The maximum Gasteiger partial charge on any atom is 0.145 e. The summed E-state index contributed by atoms with van der Waals surface area (Å²) in [6.45, 7) is 4.66. The van der Waals surface area contributed by atoms with Crippen molar-refractivity contribution in [3.8, 4) is 28.4 Å². The van der Waals surface area contributed by atoms with E-state index in [0.717, 1.165) is 45.0 Å². The number of hydrogen-bond acceptors (Lipinski definition) is 4. The first-order chi connectivity index (χ1) is 20.6. The van der Waals surface area contributed by atoms with Gasteiger partial charge in [-0.25, -0.2) is 4.98 Å². The fourth-order valence-corrected chi connectivity index (χ4v) is 7.71. The van der Waals surface area contributed by atoms with Crippen LogP contribution in [0.25, 0.3) is 38.9 Å². The molecule has 0 unspecified atom stereocenters. The van der Waals surface area contributed by atoms with E-state index in [1.807, 2.05) is 84.8 Å². The maximum atomic E-state index is 6.39. The number of pyridine rings is 2. The molecule has 42 heavy (non-hydrogen) atoms. The van der Waals surface area contributed by atoms with Crippen LogP contribution in [-0.4, -0.2) is 14.5 Å². The van der Waals surface area contributed by atoms with Crippen molar-refractivity contribution >= 4 is 33.7 Å². The molecule has 0 fully saturated rings. The molecular formula is C37H27N3OS. The van der Waals surface area contributed by atoms with Gasteiger partial charge in [0.1, 0.15) is 17.1 Å². The lowest BCUT2D eigenvalue weighted by molar-refractivity contribution is 0.482. The maximum absolute atomic E-state index is 6.39. The number of rotatable bonds is 4. The van der Waals surface area contributed by atoms with Crippen LogP contribution in [0.1, 0.15) is 25.0 Å². The van der Waals surface area contributed by atoms with Crippen LogP contribution in [-0.2, 0) is 5.41 Å². The molecule has 4 nitrogen and oxygen atoms in total. The van der Waals surface area contributed by atoms with Crippen LogP contribution >= 0.6 is 11.8 Å². The second-order valence-corrected chi connectivity index (χ2v) is 12.2. The smallest absolute Gasteiger partial charge is 0.145 e. The van der Waals surface area contributed by atoms with Gasteiger partial charge in [-0.3, -0.25) is 9.55 Å². The van der Waals surface area contributed by atoms with E-state index in [4.69, 9.17) is 9.72 Å². The molecule has 0 spiro atoms. The van der Waals surface area contributed by atoms with E-state index in [0.29, 0.717) is 0 Å². The highest BCUT2D eigenvalue weighted by Crippen LogP contribution is 2.53. The second kappa shape index (κ2) is 9.61. The average Bonchev–Trinajstić information content (AvgIpc) is 3.37. The van der Waals surface area contributed by atoms with Crippen LogP contribution in [0.3, 0.4) is 0 Å². The minimum absolute atomic E-state index is 0.0977. The van der Waals surface area contributed by atoms with Gasteiger partial charge in [0.05, 0.1) is 16.9 Å². The zero-order valence-electron chi connectivity index (χ0n) is 23.3. The van der Waals surface area contributed by atoms with Gasteiger partial charge in [0, 0.05) is 50.0 Å². The molecule has 0 aliphatic carbocycles. The number of nitrogens with zero attached hydrogens (tertiary/aromatic N) is 3. The quantitative estimate of drug-likeness (QED) is 0.214. The molecule has 0 bridgehead atoms. The molecule has 202 valence electrons.